The van der Waals surface area contributed by atoms with Crippen LogP contribution in [0, 0.1) is 0 Å². The van der Waals surface area contributed by atoms with Gasteiger partial charge in [0.05, 0.1) is 32.2 Å². The molecule has 0 bridgehead atoms. The molecule has 2 aromatic carbocycles. The third-order valence-corrected chi connectivity index (χ3v) is 7.30. The standard InChI is InChI=1S/C29H30N4O2/c1-34-23-11-9-21(29(13-23)35-2)18-33-28(25-8-4-6-19-5-3-7-24(19)25)14-27(32-33)20-10-12-26(31-17-20)22-15-30-16-22/h4,6,8-14,17,22,30H,3,5,7,15-16,18H2,1-2H3. The summed E-state index contributed by atoms with van der Waals surface area (Å²) >= 11 is 0. The Morgan fingerprint density at radius 1 is 1.00 bits per heavy atom. The van der Waals surface area contributed by atoms with Gasteiger partial charge in [-0.3, -0.25) is 9.67 Å². The number of hydrogen-bond acceptors (Lipinski definition) is 5. The van der Waals surface area contributed by atoms with Crippen LogP contribution in [0.2, 0.25) is 0 Å². The van der Waals surface area contributed by atoms with Crippen LogP contribution in [0.25, 0.3) is 22.5 Å². The van der Waals surface area contributed by atoms with Crippen molar-refractivity contribution in [1.29, 1.82) is 0 Å². The van der Waals surface area contributed by atoms with Gasteiger partial charge in [0.1, 0.15) is 11.5 Å². The van der Waals surface area contributed by atoms with E-state index < -0.39 is 0 Å². The van der Waals surface area contributed by atoms with Gasteiger partial charge in [-0.05, 0) is 60.7 Å². The Morgan fingerprint density at radius 3 is 2.66 bits per heavy atom. The maximum Gasteiger partial charge on any atom is 0.127 e. The minimum atomic E-state index is 0.520. The van der Waals surface area contributed by atoms with Crippen molar-refractivity contribution in [2.45, 2.75) is 31.7 Å². The van der Waals surface area contributed by atoms with Crippen molar-refractivity contribution in [1.82, 2.24) is 20.1 Å². The van der Waals surface area contributed by atoms with Gasteiger partial charge >= 0.3 is 0 Å². The Morgan fingerprint density at radius 2 is 1.91 bits per heavy atom. The molecule has 4 aromatic rings. The molecule has 2 aliphatic rings. The summed E-state index contributed by atoms with van der Waals surface area (Å²) in [6.07, 6.45) is 5.44. The Labute approximate surface area is 205 Å². The van der Waals surface area contributed by atoms with E-state index >= 15 is 0 Å². The lowest BCUT2D eigenvalue weighted by Gasteiger charge is -2.26. The SMILES string of the molecule is COc1ccc(Cn2nc(-c3ccc(C4CNC4)nc3)cc2-c2cccc3c2CCC3)c(OC)c1. The molecule has 35 heavy (non-hydrogen) atoms. The van der Waals surface area contributed by atoms with Crippen LogP contribution in [0.3, 0.4) is 0 Å². The average molecular weight is 467 g/mol. The second-order valence-corrected chi connectivity index (χ2v) is 9.37. The molecular weight excluding hydrogens is 436 g/mol. The number of nitrogens with one attached hydrogen (secondary N) is 1. The summed E-state index contributed by atoms with van der Waals surface area (Å²) in [6.45, 7) is 2.62. The van der Waals surface area contributed by atoms with Gasteiger partial charge in [0.25, 0.3) is 0 Å². The minimum absolute atomic E-state index is 0.520. The summed E-state index contributed by atoms with van der Waals surface area (Å²) in [5.74, 6) is 2.10. The summed E-state index contributed by atoms with van der Waals surface area (Å²) in [6, 6.07) is 19.1. The summed E-state index contributed by atoms with van der Waals surface area (Å²) < 4.78 is 13.2. The van der Waals surface area contributed by atoms with E-state index in [2.05, 4.69) is 52.5 Å². The van der Waals surface area contributed by atoms with Gasteiger partial charge < -0.3 is 14.8 Å². The summed E-state index contributed by atoms with van der Waals surface area (Å²) in [5.41, 5.74) is 9.50. The number of aryl methyl sites for hydroxylation is 1. The average Bonchev–Trinajstić information content (AvgIpc) is 3.51. The third-order valence-electron chi connectivity index (χ3n) is 7.30. The summed E-state index contributed by atoms with van der Waals surface area (Å²) in [7, 11) is 3.37. The van der Waals surface area contributed by atoms with E-state index in [4.69, 9.17) is 19.6 Å². The molecule has 0 spiro atoms. The fraction of sp³-hybridized carbons (Fsp3) is 0.310. The molecule has 6 heteroatoms. The predicted molar refractivity (Wildman–Crippen MR) is 137 cm³/mol. The highest BCUT2D eigenvalue weighted by molar-refractivity contribution is 5.72. The number of methoxy groups -OCH3 is 2. The molecule has 0 saturated carbocycles. The van der Waals surface area contributed by atoms with Gasteiger partial charge in [-0.1, -0.05) is 18.2 Å². The minimum Gasteiger partial charge on any atom is -0.497 e. The Kier molecular flexibility index (Phi) is 5.74. The van der Waals surface area contributed by atoms with Gasteiger partial charge in [-0.25, -0.2) is 0 Å². The van der Waals surface area contributed by atoms with E-state index in [9.17, 15) is 0 Å². The lowest BCUT2D eigenvalue weighted by molar-refractivity contribution is 0.389. The van der Waals surface area contributed by atoms with Gasteiger partial charge in [0.15, 0.2) is 0 Å². The van der Waals surface area contributed by atoms with Crippen molar-refractivity contribution < 1.29 is 9.47 Å². The zero-order valence-corrected chi connectivity index (χ0v) is 20.3. The number of aromatic nitrogens is 3. The zero-order valence-electron chi connectivity index (χ0n) is 20.3. The zero-order chi connectivity index (χ0) is 23.8. The first kappa shape index (κ1) is 21.9. The van der Waals surface area contributed by atoms with E-state index in [1.165, 1.54) is 23.1 Å². The van der Waals surface area contributed by atoms with E-state index in [1.807, 2.05) is 18.3 Å². The normalized spacial score (nSPS) is 15.0. The first-order chi connectivity index (χ1) is 17.2. The highest BCUT2D eigenvalue weighted by Crippen LogP contribution is 2.36. The van der Waals surface area contributed by atoms with Crippen molar-refractivity contribution in [3.05, 3.63) is 83.2 Å². The van der Waals surface area contributed by atoms with Crippen LogP contribution in [0.5, 0.6) is 11.5 Å². The molecule has 1 aliphatic carbocycles. The topological polar surface area (TPSA) is 61.2 Å². The number of fused-ring (bicyclic) bond motifs is 1. The van der Waals surface area contributed by atoms with E-state index in [0.717, 1.165) is 65.6 Å². The molecule has 6 nitrogen and oxygen atoms in total. The number of rotatable bonds is 7. The molecule has 6 rings (SSSR count). The quantitative estimate of drug-likeness (QED) is 0.422. The van der Waals surface area contributed by atoms with Crippen LogP contribution in [0.4, 0.5) is 0 Å². The molecule has 0 amide bonds. The molecule has 178 valence electrons. The molecule has 1 aliphatic heterocycles. The number of pyridine rings is 1. The van der Waals surface area contributed by atoms with Gasteiger partial charge in [-0.2, -0.15) is 5.10 Å². The van der Waals surface area contributed by atoms with Crippen LogP contribution in [-0.4, -0.2) is 42.1 Å². The van der Waals surface area contributed by atoms with Crippen LogP contribution < -0.4 is 14.8 Å². The van der Waals surface area contributed by atoms with E-state index in [0.29, 0.717) is 12.5 Å². The van der Waals surface area contributed by atoms with Gasteiger partial charge in [0.2, 0.25) is 0 Å². The maximum absolute atomic E-state index is 5.69. The van der Waals surface area contributed by atoms with E-state index in [-0.39, 0.29) is 0 Å². The van der Waals surface area contributed by atoms with Crippen molar-refractivity contribution in [3.8, 4) is 34.0 Å². The molecule has 0 radical (unpaired) electrons. The summed E-state index contributed by atoms with van der Waals surface area (Å²) in [4.78, 5) is 4.75. The fourth-order valence-electron chi connectivity index (χ4n) is 5.19. The largest absolute Gasteiger partial charge is 0.497 e. The first-order valence-corrected chi connectivity index (χ1v) is 12.3. The predicted octanol–water partition coefficient (Wildman–Crippen LogP) is 4.85. The molecular formula is C29H30N4O2. The number of hydrogen-bond donors (Lipinski definition) is 1. The van der Waals surface area contributed by atoms with Crippen LogP contribution in [-0.2, 0) is 19.4 Å². The lowest BCUT2D eigenvalue weighted by Crippen LogP contribution is -2.40. The Hall–Kier alpha value is -3.64. The Balaban J connectivity index is 1.42. The smallest absolute Gasteiger partial charge is 0.127 e. The monoisotopic (exact) mass is 466 g/mol. The van der Waals surface area contributed by atoms with Crippen LogP contribution in [0.1, 0.15) is 34.7 Å². The van der Waals surface area contributed by atoms with E-state index in [1.54, 1.807) is 14.2 Å². The molecule has 1 N–H and O–H groups in total. The second-order valence-electron chi connectivity index (χ2n) is 9.37. The van der Waals surface area contributed by atoms with Crippen molar-refractivity contribution in [2.24, 2.45) is 0 Å². The van der Waals surface area contributed by atoms with Crippen molar-refractivity contribution >= 4 is 0 Å². The number of nitrogens with zero attached hydrogens (tertiary/aromatic N) is 3. The molecule has 0 atom stereocenters. The molecule has 3 heterocycles. The fourth-order valence-corrected chi connectivity index (χ4v) is 5.19. The number of ether oxygens (including phenoxy) is 2. The molecule has 2 aromatic heterocycles. The van der Waals surface area contributed by atoms with Crippen LogP contribution in [0.15, 0.2) is 60.8 Å². The second kappa shape index (κ2) is 9.19. The molecule has 0 unspecified atom stereocenters. The van der Waals surface area contributed by atoms with Gasteiger partial charge in [-0.15, -0.1) is 0 Å². The lowest BCUT2D eigenvalue weighted by atomic mass is 9.98. The maximum atomic E-state index is 5.69. The van der Waals surface area contributed by atoms with Crippen LogP contribution >= 0.6 is 0 Å². The molecule has 1 fully saturated rings. The van der Waals surface area contributed by atoms with Gasteiger partial charge in [0, 0.05) is 53.7 Å². The van der Waals surface area contributed by atoms with Crippen molar-refractivity contribution in [2.75, 3.05) is 27.3 Å². The summed E-state index contributed by atoms with van der Waals surface area (Å²) in [5, 5.41) is 8.40. The number of benzene rings is 2. The first-order valence-electron chi connectivity index (χ1n) is 12.3. The highest BCUT2D eigenvalue weighted by Gasteiger charge is 2.22. The van der Waals surface area contributed by atoms with Crippen molar-refractivity contribution in [3.63, 3.8) is 0 Å². The third kappa shape index (κ3) is 4.08. The Bertz CT molecular complexity index is 1360. The highest BCUT2D eigenvalue weighted by atomic mass is 16.5. The molecule has 1 saturated heterocycles.